The summed E-state index contributed by atoms with van der Waals surface area (Å²) in [5.41, 5.74) is 5.32. The summed E-state index contributed by atoms with van der Waals surface area (Å²) >= 11 is 6.16. The number of sulfonamides is 1. The van der Waals surface area contributed by atoms with Crippen LogP contribution in [0, 0.1) is 27.7 Å². The molecular formula is C23H23ClN2O3S. The van der Waals surface area contributed by atoms with Gasteiger partial charge in [0.2, 0.25) is 0 Å². The molecule has 1 amide bonds. The molecule has 0 fully saturated rings. The standard InChI is InChI=1S/C23H23ClN2O3S/c1-14-9-15(2)11-20(10-14)25-23(27)18-6-8-21(24)22(13-18)30(28,29)26-19-7-5-16(3)17(4)12-19/h5-13,26H,1-4H3,(H,25,27). The van der Waals surface area contributed by atoms with Crippen LogP contribution in [0.1, 0.15) is 32.6 Å². The lowest BCUT2D eigenvalue weighted by Gasteiger charge is -2.13. The van der Waals surface area contributed by atoms with Crippen molar-refractivity contribution in [3.63, 3.8) is 0 Å². The molecule has 5 nitrogen and oxygen atoms in total. The molecule has 3 aromatic rings. The Labute approximate surface area is 182 Å². The van der Waals surface area contributed by atoms with Crippen LogP contribution in [0.4, 0.5) is 11.4 Å². The van der Waals surface area contributed by atoms with Crippen LogP contribution in [0.2, 0.25) is 5.02 Å². The van der Waals surface area contributed by atoms with Gasteiger partial charge < -0.3 is 5.32 Å². The molecule has 156 valence electrons. The molecule has 0 heterocycles. The van der Waals surface area contributed by atoms with Gasteiger partial charge in [-0.15, -0.1) is 0 Å². The summed E-state index contributed by atoms with van der Waals surface area (Å²) in [7, 11) is -3.98. The van der Waals surface area contributed by atoms with Crippen LogP contribution >= 0.6 is 11.6 Å². The SMILES string of the molecule is Cc1cc(C)cc(NC(=O)c2ccc(Cl)c(S(=O)(=O)Nc3ccc(C)c(C)c3)c2)c1. The second kappa shape index (κ2) is 8.50. The highest BCUT2D eigenvalue weighted by atomic mass is 35.5. The topological polar surface area (TPSA) is 75.3 Å². The van der Waals surface area contributed by atoms with E-state index in [-0.39, 0.29) is 15.5 Å². The van der Waals surface area contributed by atoms with E-state index in [2.05, 4.69) is 10.0 Å². The molecule has 0 spiro atoms. The maximum absolute atomic E-state index is 12.9. The van der Waals surface area contributed by atoms with Crippen molar-refractivity contribution in [2.24, 2.45) is 0 Å². The number of aryl methyl sites for hydroxylation is 4. The molecule has 3 rings (SSSR count). The lowest BCUT2D eigenvalue weighted by Crippen LogP contribution is -2.16. The molecule has 0 aliphatic rings. The van der Waals surface area contributed by atoms with Crippen molar-refractivity contribution in [1.29, 1.82) is 0 Å². The van der Waals surface area contributed by atoms with Gasteiger partial charge in [-0.1, -0.05) is 23.7 Å². The van der Waals surface area contributed by atoms with Crippen LogP contribution < -0.4 is 10.0 Å². The van der Waals surface area contributed by atoms with Gasteiger partial charge >= 0.3 is 0 Å². The number of carbonyl (C=O) groups is 1. The number of halogens is 1. The minimum absolute atomic E-state index is 0.0364. The van der Waals surface area contributed by atoms with Crippen LogP contribution in [0.15, 0.2) is 59.5 Å². The molecule has 0 saturated carbocycles. The van der Waals surface area contributed by atoms with Crippen molar-refractivity contribution in [3.8, 4) is 0 Å². The predicted octanol–water partition coefficient (Wildman–Crippen LogP) is 5.63. The van der Waals surface area contributed by atoms with Gasteiger partial charge in [0.1, 0.15) is 4.90 Å². The van der Waals surface area contributed by atoms with Crippen molar-refractivity contribution in [2.45, 2.75) is 32.6 Å². The quantitative estimate of drug-likeness (QED) is 0.537. The van der Waals surface area contributed by atoms with E-state index >= 15 is 0 Å². The van der Waals surface area contributed by atoms with Gasteiger partial charge in [-0.05, 0) is 92.4 Å². The van der Waals surface area contributed by atoms with Gasteiger partial charge in [-0.25, -0.2) is 8.42 Å². The van der Waals surface area contributed by atoms with Crippen LogP contribution in [0.5, 0.6) is 0 Å². The maximum Gasteiger partial charge on any atom is 0.263 e. The number of hydrogen-bond acceptors (Lipinski definition) is 3. The summed E-state index contributed by atoms with van der Waals surface area (Å²) in [5, 5.41) is 2.84. The van der Waals surface area contributed by atoms with Crippen molar-refractivity contribution in [1.82, 2.24) is 0 Å². The summed E-state index contributed by atoms with van der Waals surface area (Å²) in [6.07, 6.45) is 0. The number of benzene rings is 3. The summed E-state index contributed by atoms with van der Waals surface area (Å²) in [6, 6.07) is 15.1. The molecule has 3 aromatic carbocycles. The number of hydrogen-bond donors (Lipinski definition) is 2. The largest absolute Gasteiger partial charge is 0.322 e. The monoisotopic (exact) mass is 442 g/mol. The highest BCUT2D eigenvalue weighted by Gasteiger charge is 2.21. The van der Waals surface area contributed by atoms with Crippen molar-refractivity contribution in [3.05, 3.63) is 87.4 Å². The average Bonchev–Trinajstić information content (AvgIpc) is 2.63. The van der Waals surface area contributed by atoms with E-state index in [0.717, 1.165) is 22.3 Å². The van der Waals surface area contributed by atoms with Crippen LogP contribution in [-0.2, 0) is 10.0 Å². The Hall–Kier alpha value is -2.83. The predicted molar refractivity (Wildman–Crippen MR) is 122 cm³/mol. The molecule has 0 aliphatic carbocycles. The summed E-state index contributed by atoms with van der Waals surface area (Å²) in [6.45, 7) is 7.72. The Morgan fingerprint density at radius 2 is 1.47 bits per heavy atom. The third-order valence-corrected chi connectivity index (χ3v) is 6.58. The zero-order valence-electron chi connectivity index (χ0n) is 17.2. The van der Waals surface area contributed by atoms with Crippen molar-refractivity contribution < 1.29 is 13.2 Å². The fourth-order valence-electron chi connectivity index (χ4n) is 3.12. The first-order valence-corrected chi connectivity index (χ1v) is 11.2. The third-order valence-electron chi connectivity index (χ3n) is 4.72. The van der Waals surface area contributed by atoms with Crippen molar-refractivity contribution in [2.75, 3.05) is 10.0 Å². The Morgan fingerprint density at radius 1 is 0.800 bits per heavy atom. The highest BCUT2D eigenvalue weighted by Crippen LogP contribution is 2.26. The third kappa shape index (κ3) is 5.01. The number of nitrogens with one attached hydrogen (secondary N) is 2. The molecule has 0 bridgehead atoms. The minimum Gasteiger partial charge on any atom is -0.322 e. The lowest BCUT2D eigenvalue weighted by atomic mass is 10.1. The maximum atomic E-state index is 12.9. The first-order valence-electron chi connectivity index (χ1n) is 9.34. The summed E-state index contributed by atoms with van der Waals surface area (Å²) in [4.78, 5) is 12.5. The molecular weight excluding hydrogens is 420 g/mol. The van der Waals surface area contributed by atoms with Crippen LogP contribution in [-0.4, -0.2) is 14.3 Å². The molecule has 0 radical (unpaired) electrons. The summed E-state index contributed by atoms with van der Waals surface area (Å²) in [5.74, 6) is -0.417. The van der Waals surface area contributed by atoms with Gasteiger partial charge in [0.05, 0.1) is 5.02 Å². The molecule has 0 saturated heterocycles. The second-order valence-corrected chi connectivity index (χ2v) is 9.44. The molecule has 0 atom stereocenters. The van der Waals surface area contributed by atoms with Crippen LogP contribution in [0.25, 0.3) is 0 Å². The number of carbonyl (C=O) groups excluding carboxylic acids is 1. The lowest BCUT2D eigenvalue weighted by molar-refractivity contribution is 0.102. The van der Waals surface area contributed by atoms with Gasteiger partial charge in [-0.2, -0.15) is 0 Å². The number of amides is 1. The second-order valence-electron chi connectivity index (χ2n) is 7.38. The fourth-order valence-corrected chi connectivity index (χ4v) is 4.69. The van der Waals surface area contributed by atoms with Gasteiger partial charge in [0.25, 0.3) is 15.9 Å². The fraction of sp³-hybridized carbons (Fsp3) is 0.174. The van der Waals surface area contributed by atoms with Crippen LogP contribution in [0.3, 0.4) is 0 Å². The zero-order chi connectivity index (χ0) is 22.1. The number of rotatable bonds is 5. The molecule has 0 aliphatic heterocycles. The van der Waals surface area contributed by atoms with E-state index in [0.29, 0.717) is 11.4 Å². The highest BCUT2D eigenvalue weighted by molar-refractivity contribution is 7.92. The molecule has 2 N–H and O–H groups in total. The Morgan fingerprint density at radius 3 is 2.10 bits per heavy atom. The first kappa shape index (κ1) is 21.9. The Kier molecular flexibility index (Phi) is 6.19. The molecule has 30 heavy (non-hydrogen) atoms. The summed E-state index contributed by atoms with van der Waals surface area (Å²) < 4.78 is 28.4. The Bertz CT molecular complexity index is 1220. The van der Waals surface area contributed by atoms with E-state index in [4.69, 9.17) is 11.6 Å². The molecule has 0 aromatic heterocycles. The van der Waals surface area contributed by atoms with Crippen molar-refractivity contribution >= 4 is 38.9 Å². The first-order chi connectivity index (χ1) is 14.0. The molecule has 0 unspecified atom stereocenters. The smallest absolute Gasteiger partial charge is 0.263 e. The van der Waals surface area contributed by atoms with Gasteiger partial charge in [0, 0.05) is 16.9 Å². The number of anilines is 2. The van der Waals surface area contributed by atoms with Gasteiger partial charge in [0.15, 0.2) is 0 Å². The van der Waals surface area contributed by atoms with E-state index in [1.165, 1.54) is 18.2 Å². The normalized spacial score (nSPS) is 11.2. The van der Waals surface area contributed by atoms with Gasteiger partial charge in [-0.3, -0.25) is 9.52 Å². The van der Waals surface area contributed by atoms with E-state index < -0.39 is 15.9 Å². The molecule has 7 heteroatoms. The minimum atomic E-state index is -3.98. The van der Waals surface area contributed by atoms with E-state index in [1.54, 1.807) is 12.1 Å². The van der Waals surface area contributed by atoms with E-state index in [1.807, 2.05) is 52.0 Å². The average molecular weight is 443 g/mol. The zero-order valence-corrected chi connectivity index (χ0v) is 18.8. The van der Waals surface area contributed by atoms with E-state index in [9.17, 15) is 13.2 Å². The Balaban J connectivity index is 1.89.